The van der Waals surface area contributed by atoms with Crippen molar-refractivity contribution in [2.24, 2.45) is 0 Å². The van der Waals surface area contributed by atoms with Crippen LogP contribution in [0.15, 0.2) is 23.0 Å². The zero-order valence-corrected chi connectivity index (χ0v) is 14.4. The van der Waals surface area contributed by atoms with Crippen molar-refractivity contribution in [2.45, 2.75) is 44.4 Å². The summed E-state index contributed by atoms with van der Waals surface area (Å²) in [4.78, 5) is 31.2. The molecule has 0 spiro atoms. The van der Waals surface area contributed by atoms with Gasteiger partial charge >= 0.3 is 5.69 Å². The van der Waals surface area contributed by atoms with Crippen LogP contribution >= 0.6 is 11.8 Å². The third kappa shape index (κ3) is 3.63. The van der Waals surface area contributed by atoms with Crippen molar-refractivity contribution in [1.82, 2.24) is 14.9 Å². The molecule has 1 amide bonds. The van der Waals surface area contributed by atoms with Crippen LogP contribution in [0.5, 0.6) is 0 Å². The van der Waals surface area contributed by atoms with E-state index in [2.05, 4.69) is 23.8 Å². The van der Waals surface area contributed by atoms with Gasteiger partial charge in [0, 0.05) is 30.0 Å². The summed E-state index contributed by atoms with van der Waals surface area (Å²) in [6, 6.07) is 6.23. The van der Waals surface area contributed by atoms with Crippen molar-refractivity contribution in [3.05, 3.63) is 34.2 Å². The number of rotatable bonds is 4. The lowest BCUT2D eigenvalue weighted by Gasteiger charge is -2.37. The highest BCUT2D eigenvalue weighted by molar-refractivity contribution is 8.00. The normalized spacial score (nSPS) is 21.7. The number of aromatic nitrogens is 2. The van der Waals surface area contributed by atoms with Gasteiger partial charge in [0.1, 0.15) is 0 Å². The zero-order chi connectivity index (χ0) is 16.4. The van der Waals surface area contributed by atoms with Gasteiger partial charge in [-0.2, -0.15) is 11.8 Å². The van der Waals surface area contributed by atoms with Gasteiger partial charge in [0.25, 0.3) is 0 Å². The molecule has 2 aromatic rings. The number of aromatic amines is 2. The third-order valence-electron chi connectivity index (χ3n) is 4.64. The molecule has 2 N–H and O–H groups in total. The maximum atomic E-state index is 12.4. The van der Waals surface area contributed by atoms with Crippen molar-refractivity contribution < 1.29 is 4.79 Å². The number of imidazole rings is 1. The van der Waals surface area contributed by atoms with Gasteiger partial charge in [-0.05, 0) is 37.5 Å². The number of amides is 1. The molecule has 0 saturated carbocycles. The molecule has 1 aliphatic heterocycles. The fraction of sp³-hybridized carbons (Fsp3) is 0.529. The van der Waals surface area contributed by atoms with Crippen molar-refractivity contribution in [1.29, 1.82) is 0 Å². The quantitative estimate of drug-likeness (QED) is 0.903. The van der Waals surface area contributed by atoms with E-state index in [9.17, 15) is 9.59 Å². The summed E-state index contributed by atoms with van der Waals surface area (Å²) in [6.07, 6.45) is 2.27. The van der Waals surface area contributed by atoms with Gasteiger partial charge in [-0.15, -0.1) is 0 Å². The van der Waals surface area contributed by atoms with E-state index in [1.54, 1.807) is 0 Å². The molecule has 0 bridgehead atoms. The predicted octanol–water partition coefficient (Wildman–Crippen LogP) is 2.53. The number of thioether (sulfide) groups is 1. The highest BCUT2D eigenvalue weighted by Crippen LogP contribution is 2.25. The number of carbonyl (C=O) groups excluding carboxylic acids is 1. The van der Waals surface area contributed by atoms with Crippen LogP contribution in [0.2, 0.25) is 0 Å². The molecule has 0 radical (unpaired) electrons. The van der Waals surface area contributed by atoms with Crippen molar-refractivity contribution in [3.63, 3.8) is 0 Å². The number of benzene rings is 1. The summed E-state index contributed by atoms with van der Waals surface area (Å²) in [5.41, 5.74) is 2.62. The molecular weight excluding hydrogens is 310 g/mol. The number of nitrogens with zero attached hydrogens (tertiary/aromatic N) is 1. The first-order chi connectivity index (χ1) is 11.0. The summed E-state index contributed by atoms with van der Waals surface area (Å²) in [6.45, 7) is 5.21. The fourth-order valence-electron chi connectivity index (χ4n) is 3.11. The highest BCUT2D eigenvalue weighted by Gasteiger charge is 2.28. The van der Waals surface area contributed by atoms with Crippen molar-refractivity contribution in [3.8, 4) is 0 Å². The Labute approximate surface area is 139 Å². The van der Waals surface area contributed by atoms with E-state index in [1.807, 2.05) is 34.9 Å². The van der Waals surface area contributed by atoms with E-state index < -0.39 is 0 Å². The second-order valence-corrected chi connectivity index (χ2v) is 7.70. The van der Waals surface area contributed by atoms with Gasteiger partial charge in [-0.3, -0.25) is 4.79 Å². The minimum Gasteiger partial charge on any atom is -0.338 e. The summed E-state index contributed by atoms with van der Waals surface area (Å²) in [7, 11) is 0. The molecule has 1 fully saturated rings. The van der Waals surface area contributed by atoms with Gasteiger partial charge in [0.15, 0.2) is 0 Å². The first-order valence-electron chi connectivity index (χ1n) is 8.16. The Hall–Kier alpha value is -1.69. The Balaban J connectivity index is 1.55. The van der Waals surface area contributed by atoms with Gasteiger partial charge in [0.05, 0.1) is 11.0 Å². The third-order valence-corrected chi connectivity index (χ3v) is 5.98. The maximum absolute atomic E-state index is 12.4. The fourth-order valence-corrected chi connectivity index (χ4v) is 4.21. The molecule has 2 atom stereocenters. The molecule has 3 rings (SSSR count). The molecule has 1 aliphatic rings. The Morgan fingerprint density at radius 2 is 2.09 bits per heavy atom. The van der Waals surface area contributed by atoms with Crippen LogP contribution in [0, 0.1) is 0 Å². The monoisotopic (exact) mass is 333 g/mol. The number of hydrogen-bond donors (Lipinski definition) is 2. The second-order valence-electron chi connectivity index (χ2n) is 6.22. The number of hydrogen-bond acceptors (Lipinski definition) is 3. The molecule has 1 saturated heterocycles. The molecule has 23 heavy (non-hydrogen) atoms. The van der Waals surface area contributed by atoms with Crippen LogP contribution in [0.4, 0.5) is 0 Å². The molecular formula is C17H23N3O2S. The Bertz CT molecular complexity index is 752. The highest BCUT2D eigenvalue weighted by atomic mass is 32.2. The molecule has 124 valence electrons. The number of carbonyl (C=O) groups is 1. The zero-order valence-electron chi connectivity index (χ0n) is 13.6. The van der Waals surface area contributed by atoms with Crippen LogP contribution in [0.1, 0.15) is 32.3 Å². The van der Waals surface area contributed by atoms with Gasteiger partial charge in [0.2, 0.25) is 5.91 Å². The average Bonchev–Trinajstić information content (AvgIpc) is 2.89. The largest absolute Gasteiger partial charge is 0.338 e. The van der Waals surface area contributed by atoms with Crippen LogP contribution in [0.3, 0.4) is 0 Å². The standard InChI is InChI=1S/C17H23N3O2S/c1-11-12(2)23-9-8-20(11)16(21)5-3-4-13-6-7-14-15(10-13)19-17(22)18-14/h6-7,10-12H,3-5,8-9H2,1-2H3,(H2,18,19,22)/t11-,12-/m1/s1. The Morgan fingerprint density at radius 3 is 2.91 bits per heavy atom. The number of H-pyrrole nitrogens is 2. The molecule has 0 unspecified atom stereocenters. The first kappa shape index (κ1) is 16.2. The summed E-state index contributed by atoms with van der Waals surface area (Å²) >= 11 is 1.95. The van der Waals surface area contributed by atoms with Crippen LogP contribution in [-0.4, -0.2) is 44.4 Å². The van der Waals surface area contributed by atoms with Gasteiger partial charge in [-0.25, -0.2) is 4.79 Å². The van der Waals surface area contributed by atoms with E-state index in [1.165, 1.54) is 0 Å². The lowest BCUT2D eigenvalue weighted by molar-refractivity contribution is -0.133. The Morgan fingerprint density at radius 1 is 1.30 bits per heavy atom. The predicted molar refractivity (Wildman–Crippen MR) is 95.0 cm³/mol. The van der Waals surface area contributed by atoms with E-state index in [0.717, 1.165) is 41.7 Å². The topological polar surface area (TPSA) is 69.0 Å². The smallest absolute Gasteiger partial charge is 0.323 e. The first-order valence-corrected chi connectivity index (χ1v) is 9.21. The molecule has 6 heteroatoms. The molecule has 5 nitrogen and oxygen atoms in total. The minimum atomic E-state index is -0.182. The molecule has 1 aromatic heterocycles. The SMILES string of the molecule is C[C@@H]1[C@@H](C)SCCN1C(=O)CCCc1ccc2[nH]c(=O)[nH]c2c1. The number of nitrogens with one attached hydrogen (secondary N) is 2. The number of aryl methyl sites for hydroxylation is 1. The summed E-state index contributed by atoms with van der Waals surface area (Å²) < 4.78 is 0. The number of fused-ring (bicyclic) bond motifs is 1. The molecule has 0 aliphatic carbocycles. The molecule has 1 aromatic carbocycles. The van der Waals surface area contributed by atoms with Gasteiger partial charge < -0.3 is 14.9 Å². The summed E-state index contributed by atoms with van der Waals surface area (Å²) in [5, 5.41) is 0.514. The van der Waals surface area contributed by atoms with Crippen molar-refractivity contribution >= 4 is 28.7 Å². The average molecular weight is 333 g/mol. The Kier molecular flexibility index (Phi) is 4.80. The van der Waals surface area contributed by atoms with E-state index in [-0.39, 0.29) is 11.6 Å². The van der Waals surface area contributed by atoms with Gasteiger partial charge in [-0.1, -0.05) is 13.0 Å². The van der Waals surface area contributed by atoms with Crippen LogP contribution < -0.4 is 5.69 Å². The van der Waals surface area contributed by atoms with Crippen LogP contribution in [0.25, 0.3) is 11.0 Å². The lowest BCUT2D eigenvalue weighted by Crippen LogP contribution is -2.47. The lowest BCUT2D eigenvalue weighted by atomic mass is 10.1. The summed E-state index contributed by atoms with van der Waals surface area (Å²) in [5.74, 6) is 1.30. The van der Waals surface area contributed by atoms with E-state index >= 15 is 0 Å². The van der Waals surface area contributed by atoms with E-state index in [4.69, 9.17) is 0 Å². The maximum Gasteiger partial charge on any atom is 0.323 e. The van der Waals surface area contributed by atoms with Crippen LogP contribution in [-0.2, 0) is 11.2 Å². The minimum absolute atomic E-state index is 0.182. The second kappa shape index (κ2) is 6.83. The molecule has 2 heterocycles. The van der Waals surface area contributed by atoms with Crippen molar-refractivity contribution in [2.75, 3.05) is 12.3 Å². The van der Waals surface area contributed by atoms with E-state index in [0.29, 0.717) is 17.7 Å².